The number of rotatable bonds is 4. The molecule has 0 radical (unpaired) electrons. The van der Waals surface area contributed by atoms with Gasteiger partial charge in [-0.15, -0.1) is 11.3 Å². The van der Waals surface area contributed by atoms with Crippen molar-refractivity contribution in [2.24, 2.45) is 0 Å². The Balaban J connectivity index is 1.59. The van der Waals surface area contributed by atoms with Gasteiger partial charge in [0, 0.05) is 29.3 Å². The van der Waals surface area contributed by atoms with Gasteiger partial charge in [-0.2, -0.15) is 0 Å². The molecule has 0 atom stereocenters. The van der Waals surface area contributed by atoms with Crippen LogP contribution in [0.2, 0.25) is 0 Å². The highest BCUT2D eigenvalue weighted by Gasteiger charge is 2.10. The summed E-state index contributed by atoms with van der Waals surface area (Å²) in [6.45, 7) is 5.33. The molecular formula is C16H21N3S. The first-order valence-corrected chi connectivity index (χ1v) is 8.19. The first kappa shape index (κ1) is 13.4. The number of nitrogens with zero attached hydrogens (tertiary/aromatic N) is 2. The van der Waals surface area contributed by atoms with Crippen LogP contribution in [0.4, 0.5) is 11.4 Å². The van der Waals surface area contributed by atoms with Gasteiger partial charge in [0.25, 0.3) is 0 Å². The van der Waals surface area contributed by atoms with Crippen LogP contribution in [0, 0.1) is 6.92 Å². The number of thiazole rings is 1. The van der Waals surface area contributed by atoms with E-state index in [-0.39, 0.29) is 0 Å². The fourth-order valence-corrected chi connectivity index (χ4v) is 3.34. The van der Waals surface area contributed by atoms with Crippen LogP contribution in [-0.2, 0) is 6.54 Å². The molecule has 4 heteroatoms. The predicted octanol–water partition coefficient (Wildman–Crippen LogP) is 4.05. The van der Waals surface area contributed by atoms with E-state index in [0.717, 1.165) is 12.2 Å². The summed E-state index contributed by atoms with van der Waals surface area (Å²) < 4.78 is 0. The standard InChI is InChI=1S/C16H21N3S/c1-13-16(20-12-18-13)11-17-14-5-7-15(8-6-14)19-9-3-2-4-10-19/h5-8,12,17H,2-4,9-11H2,1H3. The van der Waals surface area contributed by atoms with Crippen LogP contribution in [0.3, 0.4) is 0 Å². The molecule has 0 amide bonds. The molecule has 1 N–H and O–H groups in total. The summed E-state index contributed by atoms with van der Waals surface area (Å²) in [5.41, 5.74) is 5.57. The normalized spacial score (nSPS) is 15.3. The van der Waals surface area contributed by atoms with Crippen molar-refractivity contribution >= 4 is 22.7 Å². The molecule has 1 saturated heterocycles. The average molecular weight is 287 g/mol. The van der Waals surface area contributed by atoms with E-state index in [9.17, 15) is 0 Å². The molecule has 0 aliphatic carbocycles. The lowest BCUT2D eigenvalue weighted by molar-refractivity contribution is 0.578. The number of hydrogen-bond acceptors (Lipinski definition) is 4. The van der Waals surface area contributed by atoms with E-state index >= 15 is 0 Å². The van der Waals surface area contributed by atoms with Crippen molar-refractivity contribution < 1.29 is 0 Å². The smallest absolute Gasteiger partial charge is 0.0798 e. The summed E-state index contributed by atoms with van der Waals surface area (Å²) in [6, 6.07) is 8.82. The number of benzene rings is 1. The van der Waals surface area contributed by atoms with Gasteiger partial charge >= 0.3 is 0 Å². The van der Waals surface area contributed by atoms with Gasteiger partial charge in [0.15, 0.2) is 0 Å². The van der Waals surface area contributed by atoms with Gasteiger partial charge in [0.05, 0.1) is 17.7 Å². The van der Waals surface area contributed by atoms with Crippen molar-refractivity contribution in [3.8, 4) is 0 Å². The maximum atomic E-state index is 4.28. The van der Waals surface area contributed by atoms with Crippen LogP contribution < -0.4 is 10.2 Å². The van der Waals surface area contributed by atoms with Crippen LogP contribution in [0.15, 0.2) is 29.8 Å². The molecular weight excluding hydrogens is 266 g/mol. The molecule has 2 aromatic rings. The van der Waals surface area contributed by atoms with Gasteiger partial charge in [-0.05, 0) is 50.5 Å². The highest BCUT2D eigenvalue weighted by atomic mass is 32.1. The number of anilines is 2. The zero-order valence-electron chi connectivity index (χ0n) is 11.9. The zero-order chi connectivity index (χ0) is 13.8. The first-order valence-electron chi connectivity index (χ1n) is 7.31. The van der Waals surface area contributed by atoms with Crippen molar-refractivity contribution in [2.45, 2.75) is 32.7 Å². The third-order valence-corrected chi connectivity index (χ3v) is 4.82. The van der Waals surface area contributed by atoms with E-state index in [1.165, 1.54) is 48.6 Å². The number of nitrogens with one attached hydrogen (secondary N) is 1. The highest BCUT2D eigenvalue weighted by molar-refractivity contribution is 7.09. The topological polar surface area (TPSA) is 28.2 Å². The van der Waals surface area contributed by atoms with E-state index in [4.69, 9.17) is 0 Å². The molecule has 1 aromatic carbocycles. The fourth-order valence-electron chi connectivity index (χ4n) is 2.62. The summed E-state index contributed by atoms with van der Waals surface area (Å²) in [5.74, 6) is 0. The van der Waals surface area contributed by atoms with Crippen molar-refractivity contribution in [3.05, 3.63) is 40.3 Å². The van der Waals surface area contributed by atoms with Gasteiger partial charge in [0.2, 0.25) is 0 Å². The number of aromatic nitrogens is 1. The second-order valence-electron chi connectivity index (χ2n) is 5.31. The van der Waals surface area contributed by atoms with Gasteiger partial charge in [-0.25, -0.2) is 4.98 Å². The Morgan fingerprint density at radius 1 is 1.15 bits per heavy atom. The summed E-state index contributed by atoms with van der Waals surface area (Å²) in [7, 11) is 0. The minimum Gasteiger partial charge on any atom is -0.380 e. The molecule has 0 unspecified atom stereocenters. The van der Waals surface area contributed by atoms with Crippen LogP contribution in [-0.4, -0.2) is 18.1 Å². The SMILES string of the molecule is Cc1ncsc1CNc1ccc(N2CCCCC2)cc1. The van der Waals surface area contributed by atoms with Crippen LogP contribution in [0.5, 0.6) is 0 Å². The summed E-state index contributed by atoms with van der Waals surface area (Å²) in [6.07, 6.45) is 4.03. The zero-order valence-corrected chi connectivity index (χ0v) is 12.7. The molecule has 2 heterocycles. The fraction of sp³-hybridized carbons (Fsp3) is 0.438. The maximum Gasteiger partial charge on any atom is 0.0798 e. The molecule has 1 aliphatic heterocycles. The Labute approximate surface area is 124 Å². The molecule has 3 nitrogen and oxygen atoms in total. The minimum atomic E-state index is 0.861. The van der Waals surface area contributed by atoms with Gasteiger partial charge in [-0.3, -0.25) is 0 Å². The monoisotopic (exact) mass is 287 g/mol. The van der Waals surface area contributed by atoms with Gasteiger partial charge in [-0.1, -0.05) is 0 Å². The van der Waals surface area contributed by atoms with E-state index in [1.54, 1.807) is 11.3 Å². The van der Waals surface area contributed by atoms with Crippen LogP contribution >= 0.6 is 11.3 Å². The first-order chi connectivity index (χ1) is 9.83. The van der Waals surface area contributed by atoms with Gasteiger partial charge < -0.3 is 10.2 Å². The van der Waals surface area contributed by atoms with E-state index in [0.29, 0.717) is 0 Å². The lowest BCUT2D eigenvalue weighted by Crippen LogP contribution is -2.29. The lowest BCUT2D eigenvalue weighted by Gasteiger charge is -2.28. The molecule has 1 aromatic heterocycles. The van der Waals surface area contributed by atoms with Crippen LogP contribution in [0.1, 0.15) is 29.8 Å². The molecule has 20 heavy (non-hydrogen) atoms. The Kier molecular flexibility index (Phi) is 4.21. The van der Waals surface area contributed by atoms with Crippen LogP contribution in [0.25, 0.3) is 0 Å². The third-order valence-electron chi connectivity index (χ3n) is 3.89. The maximum absolute atomic E-state index is 4.28. The van der Waals surface area contributed by atoms with E-state index in [2.05, 4.69) is 46.4 Å². The largest absolute Gasteiger partial charge is 0.380 e. The second-order valence-corrected chi connectivity index (χ2v) is 6.25. The quantitative estimate of drug-likeness (QED) is 0.919. The minimum absolute atomic E-state index is 0.861. The highest BCUT2D eigenvalue weighted by Crippen LogP contribution is 2.22. The second kappa shape index (κ2) is 6.27. The molecule has 3 rings (SSSR count). The lowest BCUT2D eigenvalue weighted by atomic mass is 10.1. The molecule has 106 valence electrons. The average Bonchev–Trinajstić information content (AvgIpc) is 2.92. The molecule has 1 fully saturated rings. The van der Waals surface area contributed by atoms with E-state index in [1.807, 2.05) is 5.51 Å². The van der Waals surface area contributed by atoms with Crippen molar-refractivity contribution in [1.82, 2.24) is 4.98 Å². The molecule has 0 spiro atoms. The molecule has 1 aliphatic rings. The number of piperidine rings is 1. The molecule has 0 bridgehead atoms. The predicted molar refractivity (Wildman–Crippen MR) is 86.7 cm³/mol. The Morgan fingerprint density at radius 3 is 2.55 bits per heavy atom. The summed E-state index contributed by atoms with van der Waals surface area (Å²) in [5, 5.41) is 3.47. The Morgan fingerprint density at radius 2 is 1.90 bits per heavy atom. The molecule has 0 saturated carbocycles. The third kappa shape index (κ3) is 3.12. The number of hydrogen-bond donors (Lipinski definition) is 1. The van der Waals surface area contributed by atoms with Crippen molar-refractivity contribution in [2.75, 3.05) is 23.3 Å². The summed E-state index contributed by atoms with van der Waals surface area (Å²) in [4.78, 5) is 8.07. The summed E-state index contributed by atoms with van der Waals surface area (Å²) >= 11 is 1.71. The number of aryl methyl sites for hydroxylation is 1. The Bertz CT molecular complexity index is 541. The van der Waals surface area contributed by atoms with Crippen molar-refractivity contribution in [1.29, 1.82) is 0 Å². The van der Waals surface area contributed by atoms with Gasteiger partial charge in [0.1, 0.15) is 0 Å². The Hall–Kier alpha value is -1.55. The van der Waals surface area contributed by atoms with Crippen molar-refractivity contribution in [3.63, 3.8) is 0 Å². The van der Waals surface area contributed by atoms with E-state index < -0.39 is 0 Å².